The van der Waals surface area contributed by atoms with Crippen molar-refractivity contribution in [1.82, 2.24) is 0 Å². The van der Waals surface area contributed by atoms with Crippen LogP contribution in [0, 0.1) is 6.92 Å². The summed E-state index contributed by atoms with van der Waals surface area (Å²) in [6, 6.07) is 30.0. The number of carbonyl (C=O) groups is 2. The van der Waals surface area contributed by atoms with Crippen molar-refractivity contribution in [1.29, 1.82) is 0 Å². The quantitative estimate of drug-likeness (QED) is 0.151. The zero-order valence-corrected chi connectivity index (χ0v) is 21.8. The Morgan fingerprint density at radius 2 is 1.51 bits per heavy atom. The molecule has 5 rings (SSSR count). The molecule has 1 unspecified atom stereocenters. The maximum absolute atomic E-state index is 13.5. The third-order valence-electron chi connectivity index (χ3n) is 6.57. The molecule has 1 aliphatic rings. The number of ether oxygens (including phenoxy) is 2. The molecule has 4 aromatic carbocycles. The molecule has 0 aliphatic carbocycles. The van der Waals surface area contributed by atoms with Crippen LogP contribution in [0.15, 0.2) is 109 Å². The summed E-state index contributed by atoms with van der Waals surface area (Å²) in [6.45, 7) is 4.48. The number of para-hydroxylation sites is 2. The van der Waals surface area contributed by atoms with E-state index >= 15 is 0 Å². The first kappa shape index (κ1) is 25.8. The van der Waals surface area contributed by atoms with Crippen LogP contribution in [-0.2, 0) is 9.59 Å². The maximum atomic E-state index is 13.5. The number of anilines is 1. The summed E-state index contributed by atoms with van der Waals surface area (Å²) < 4.78 is 11.7. The highest BCUT2D eigenvalue weighted by Gasteiger charge is 2.47. The number of benzene rings is 4. The first-order valence-electron chi connectivity index (χ1n) is 12.9. The van der Waals surface area contributed by atoms with E-state index in [1.807, 2.05) is 80.6 Å². The van der Waals surface area contributed by atoms with Crippen LogP contribution >= 0.6 is 0 Å². The van der Waals surface area contributed by atoms with Crippen LogP contribution in [-0.4, -0.2) is 23.4 Å². The van der Waals surface area contributed by atoms with Gasteiger partial charge in [0, 0.05) is 11.3 Å². The molecule has 1 N–H and O–H groups in total. The number of hydrogen-bond donors (Lipinski definition) is 1. The molecule has 1 saturated heterocycles. The lowest BCUT2D eigenvalue weighted by molar-refractivity contribution is -0.132. The molecule has 1 fully saturated rings. The summed E-state index contributed by atoms with van der Waals surface area (Å²) in [5.74, 6) is 0.177. The fourth-order valence-corrected chi connectivity index (χ4v) is 4.69. The molecule has 39 heavy (non-hydrogen) atoms. The van der Waals surface area contributed by atoms with Crippen molar-refractivity contribution in [3.63, 3.8) is 0 Å². The Balaban J connectivity index is 1.63. The number of aliphatic hydroxyl groups excluding tert-OH is 1. The van der Waals surface area contributed by atoms with Crippen LogP contribution < -0.4 is 14.4 Å². The number of amides is 1. The fraction of sp³-hybridized carbons (Fsp3) is 0.152. The van der Waals surface area contributed by atoms with Gasteiger partial charge in [0.25, 0.3) is 11.7 Å². The van der Waals surface area contributed by atoms with E-state index in [9.17, 15) is 14.7 Å². The number of Topliss-reactive ketones (excluding diaryl/α,β-unsaturated/α-hetero) is 1. The molecule has 0 radical (unpaired) electrons. The molecule has 196 valence electrons. The number of ketones is 1. The summed E-state index contributed by atoms with van der Waals surface area (Å²) in [5.41, 5.74) is 2.50. The van der Waals surface area contributed by atoms with E-state index in [1.54, 1.807) is 36.4 Å². The molecule has 1 aliphatic heterocycles. The van der Waals surface area contributed by atoms with Crippen LogP contribution in [0.3, 0.4) is 0 Å². The highest BCUT2D eigenvalue weighted by Crippen LogP contribution is 2.44. The number of hydrogen-bond acceptors (Lipinski definition) is 5. The lowest BCUT2D eigenvalue weighted by Crippen LogP contribution is -2.30. The van der Waals surface area contributed by atoms with Crippen molar-refractivity contribution in [3.05, 3.63) is 125 Å². The van der Waals surface area contributed by atoms with Crippen molar-refractivity contribution in [2.45, 2.75) is 26.3 Å². The van der Waals surface area contributed by atoms with E-state index < -0.39 is 17.7 Å². The van der Waals surface area contributed by atoms with E-state index in [-0.39, 0.29) is 11.3 Å². The van der Waals surface area contributed by atoms with Gasteiger partial charge in [-0.3, -0.25) is 14.5 Å². The van der Waals surface area contributed by atoms with Crippen LogP contribution in [0.1, 0.15) is 36.1 Å². The predicted octanol–water partition coefficient (Wildman–Crippen LogP) is 7.20. The second kappa shape index (κ2) is 11.3. The van der Waals surface area contributed by atoms with Gasteiger partial charge in [-0.15, -0.1) is 0 Å². The Morgan fingerprint density at radius 3 is 2.23 bits per heavy atom. The Labute approximate surface area is 227 Å². The first-order valence-corrected chi connectivity index (χ1v) is 12.9. The van der Waals surface area contributed by atoms with Crippen LogP contribution in [0.4, 0.5) is 5.69 Å². The highest BCUT2D eigenvalue weighted by molar-refractivity contribution is 6.51. The van der Waals surface area contributed by atoms with Gasteiger partial charge in [-0.25, -0.2) is 0 Å². The lowest BCUT2D eigenvalue weighted by atomic mass is 9.94. The molecule has 6 nitrogen and oxygen atoms in total. The smallest absolute Gasteiger partial charge is 0.300 e. The van der Waals surface area contributed by atoms with Gasteiger partial charge in [-0.1, -0.05) is 55.5 Å². The molecule has 1 atom stereocenters. The minimum Gasteiger partial charge on any atom is -0.507 e. The highest BCUT2D eigenvalue weighted by atomic mass is 16.5. The summed E-state index contributed by atoms with van der Waals surface area (Å²) in [4.78, 5) is 28.5. The molecule has 0 spiro atoms. The Bertz CT molecular complexity index is 1530. The van der Waals surface area contributed by atoms with E-state index in [1.165, 1.54) is 4.90 Å². The van der Waals surface area contributed by atoms with Crippen LogP contribution in [0.2, 0.25) is 0 Å². The number of nitrogens with zero attached hydrogens (tertiary/aromatic N) is 1. The molecule has 6 heteroatoms. The minimum absolute atomic E-state index is 0.0161. The van der Waals surface area contributed by atoms with Crippen molar-refractivity contribution in [2.24, 2.45) is 0 Å². The van der Waals surface area contributed by atoms with Crippen LogP contribution in [0.25, 0.3) is 5.76 Å². The van der Waals surface area contributed by atoms with Gasteiger partial charge in [-0.05, 0) is 79.1 Å². The summed E-state index contributed by atoms with van der Waals surface area (Å²) in [6.07, 6.45) is 0.872. The maximum Gasteiger partial charge on any atom is 0.300 e. The zero-order valence-electron chi connectivity index (χ0n) is 21.8. The third kappa shape index (κ3) is 5.27. The third-order valence-corrected chi connectivity index (χ3v) is 6.57. The zero-order chi connectivity index (χ0) is 27.4. The normalized spacial score (nSPS) is 16.4. The summed E-state index contributed by atoms with van der Waals surface area (Å²) >= 11 is 0. The van der Waals surface area contributed by atoms with Gasteiger partial charge in [0.2, 0.25) is 0 Å². The van der Waals surface area contributed by atoms with Crippen molar-refractivity contribution in [3.8, 4) is 17.2 Å². The van der Waals surface area contributed by atoms with E-state index in [0.29, 0.717) is 40.7 Å². The van der Waals surface area contributed by atoms with Crippen LogP contribution in [0.5, 0.6) is 17.2 Å². The van der Waals surface area contributed by atoms with Gasteiger partial charge < -0.3 is 14.6 Å². The number of aliphatic hydroxyl groups is 1. The summed E-state index contributed by atoms with van der Waals surface area (Å²) in [5, 5.41) is 11.5. The van der Waals surface area contributed by atoms with Gasteiger partial charge in [0.05, 0.1) is 18.2 Å². The largest absolute Gasteiger partial charge is 0.507 e. The van der Waals surface area contributed by atoms with E-state index in [0.717, 1.165) is 12.0 Å². The average molecular weight is 520 g/mol. The Hall–Kier alpha value is -4.84. The molecule has 1 amide bonds. The predicted molar refractivity (Wildman–Crippen MR) is 151 cm³/mol. The minimum atomic E-state index is -0.860. The molecule has 0 aromatic heterocycles. The monoisotopic (exact) mass is 519 g/mol. The van der Waals surface area contributed by atoms with Crippen molar-refractivity contribution >= 4 is 23.1 Å². The second-order valence-electron chi connectivity index (χ2n) is 9.32. The molecular weight excluding hydrogens is 490 g/mol. The van der Waals surface area contributed by atoms with Gasteiger partial charge in [0.1, 0.15) is 23.0 Å². The number of carbonyl (C=O) groups excluding carboxylic acids is 2. The van der Waals surface area contributed by atoms with Crippen molar-refractivity contribution < 1.29 is 24.2 Å². The molecular formula is C33H29NO5. The Morgan fingerprint density at radius 1 is 0.821 bits per heavy atom. The first-order chi connectivity index (χ1) is 19.0. The second-order valence-corrected chi connectivity index (χ2v) is 9.32. The lowest BCUT2D eigenvalue weighted by Gasteiger charge is -2.27. The van der Waals surface area contributed by atoms with E-state index in [2.05, 4.69) is 0 Å². The van der Waals surface area contributed by atoms with Crippen molar-refractivity contribution in [2.75, 3.05) is 11.5 Å². The van der Waals surface area contributed by atoms with Gasteiger partial charge in [0.15, 0.2) is 0 Å². The summed E-state index contributed by atoms with van der Waals surface area (Å²) in [7, 11) is 0. The average Bonchev–Trinajstić information content (AvgIpc) is 3.22. The molecule has 1 heterocycles. The fourth-order valence-electron chi connectivity index (χ4n) is 4.69. The number of rotatable bonds is 8. The standard InChI is InChI=1S/C33H29NO5/c1-3-20-38-25-18-16-23(17-19-25)31(35)29-30(34(33(37)32(29)36)28-15-8-7-10-22(28)2)24-11-9-14-27(21-24)39-26-12-5-4-6-13-26/h4-19,21,30,35H,3,20H2,1-2H3/b31-29-. The Kier molecular flexibility index (Phi) is 7.46. The molecule has 0 bridgehead atoms. The topological polar surface area (TPSA) is 76.1 Å². The van der Waals surface area contributed by atoms with E-state index in [4.69, 9.17) is 9.47 Å². The number of aryl methyl sites for hydroxylation is 1. The van der Waals surface area contributed by atoms with Gasteiger partial charge in [-0.2, -0.15) is 0 Å². The molecule has 4 aromatic rings. The van der Waals surface area contributed by atoms with Gasteiger partial charge >= 0.3 is 0 Å². The SMILES string of the molecule is CCCOc1ccc(/C(O)=C2/C(=O)C(=O)N(c3ccccc3C)C2c2cccc(Oc3ccccc3)c2)cc1. The molecule has 0 saturated carbocycles.